The van der Waals surface area contributed by atoms with E-state index in [4.69, 9.17) is 11.6 Å². The Morgan fingerprint density at radius 3 is 2.77 bits per heavy atom. The molecule has 142 valence electrons. The minimum absolute atomic E-state index is 0.177. The van der Waals surface area contributed by atoms with E-state index in [9.17, 15) is 12.8 Å². The van der Waals surface area contributed by atoms with Gasteiger partial charge in [-0.25, -0.2) is 17.8 Å². The van der Waals surface area contributed by atoms with Crippen LogP contribution < -0.4 is 9.62 Å². The minimum atomic E-state index is -4.08. The molecule has 1 aliphatic rings. The number of anilines is 2. The topological polar surface area (TPSA) is 65.5 Å². The maximum Gasteiger partial charge on any atom is 0.266 e. The van der Waals surface area contributed by atoms with E-state index >= 15 is 0 Å². The number of sulfonamides is 1. The highest BCUT2D eigenvalue weighted by atomic mass is 35.5. The van der Waals surface area contributed by atoms with Crippen molar-refractivity contribution < 1.29 is 12.8 Å². The number of rotatable bonds is 7. The Bertz CT molecular complexity index is 869. The summed E-state index contributed by atoms with van der Waals surface area (Å²) in [5.41, 5.74) is 0.526. The highest BCUT2D eigenvalue weighted by molar-refractivity contribution is 7.93. The molecule has 0 spiro atoms. The summed E-state index contributed by atoms with van der Waals surface area (Å²) in [6.45, 7) is 2.58. The van der Waals surface area contributed by atoms with E-state index in [1.807, 2.05) is 19.0 Å². The van der Waals surface area contributed by atoms with Crippen LogP contribution in [0.25, 0.3) is 0 Å². The third kappa shape index (κ3) is 4.28. The van der Waals surface area contributed by atoms with E-state index in [-0.39, 0.29) is 10.2 Å². The van der Waals surface area contributed by atoms with Gasteiger partial charge < -0.3 is 9.80 Å². The fraction of sp³-hybridized carbons (Fsp3) is 0.438. The molecule has 3 rings (SSSR count). The summed E-state index contributed by atoms with van der Waals surface area (Å²) in [6, 6.07) is 2.36. The first kappa shape index (κ1) is 19.3. The Labute approximate surface area is 161 Å². The van der Waals surface area contributed by atoms with Crippen molar-refractivity contribution in [1.82, 2.24) is 9.88 Å². The van der Waals surface area contributed by atoms with Gasteiger partial charge in [0.15, 0.2) is 5.13 Å². The second-order valence-corrected chi connectivity index (χ2v) is 9.49. The first-order valence-electron chi connectivity index (χ1n) is 8.07. The lowest BCUT2D eigenvalue weighted by Gasteiger charge is -2.42. The van der Waals surface area contributed by atoms with Crippen LogP contribution in [0.3, 0.4) is 0 Å². The van der Waals surface area contributed by atoms with Crippen molar-refractivity contribution in [2.75, 3.05) is 43.4 Å². The highest BCUT2D eigenvalue weighted by Crippen LogP contribution is 2.36. The average molecular weight is 419 g/mol. The number of halogens is 2. The molecule has 0 bridgehead atoms. The predicted molar refractivity (Wildman–Crippen MR) is 103 cm³/mol. The summed E-state index contributed by atoms with van der Waals surface area (Å²) in [4.78, 5) is 7.46. The molecule has 1 saturated heterocycles. The number of nitrogens with one attached hydrogen (secondary N) is 1. The van der Waals surface area contributed by atoms with Crippen molar-refractivity contribution in [2.24, 2.45) is 5.92 Å². The van der Waals surface area contributed by atoms with E-state index < -0.39 is 20.7 Å². The molecule has 0 atom stereocenters. The van der Waals surface area contributed by atoms with Crippen LogP contribution in [-0.2, 0) is 10.0 Å². The van der Waals surface area contributed by atoms with E-state index in [1.54, 1.807) is 5.38 Å². The van der Waals surface area contributed by atoms with Crippen molar-refractivity contribution in [3.8, 4) is 0 Å². The van der Waals surface area contributed by atoms with Crippen LogP contribution >= 0.6 is 22.9 Å². The van der Waals surface area contributed by atoms with Gasteiger partial charge in [0, 0.05) is 30.7 Å². The lowest BCUT2D eigenvalue weighted by molar-refractivity contribution is 0.312. The smallest absolute Gasteiger partial charge is 0.266 e. The van der Waals surface area contributed by atoms with Crippen LogP contribution in [0.15, 0.2) is 28.6 Å². The molecule has 1 N–H and O–H groups in total. The van der Waals surface area contributed by atoms with Crippen LogP contribution in [0, 0.1) is 11.7 Å². The van der Waals surface area contributed by atoms with Gasteiger partial charge in [-0.05, 0) is 39.0 Å². The summed E-state index contributed by atoms with van der Waals surface area (Å²) in [6.07, 6.45) is 2.53. The quantitative estimate of drug-likeness (QED) is 0.748. The molecule has 1 aromatic heterocycles. The van der Waals surface area contributed by atoms with Gasteiger partial charge in [0.1, 0.15) is 10.7 Å². The Morgan fingerprint density at radius 2 is 2.15 bits per heavy atom. The largest absolute Gasteiger partial charge is 0.370 e. The second-order valence-electron chi connectivity index (χ2n) is 6.54. The Hall–Kier alpha value is -1.42. The van der Waals surface area contributed by atoms with Crippen LogP contribution in [-0.4, -0.2) is 52.0 Å². The third-order valence-electron chi connectivity index (χ3n) is 4.23. The number of aromatic nitrogens is 1. The van der Waals surface area contributed by atoms with Gasteiger partial charge in [-0.1, -0.05) is 11.6 Å². The third-order valence-corrected chi connectivity index (χ3v) is 6.70. The number of hydrogen-bond acceptors (Lipinski definition) is 6. The number of nitrogens with zero attached hydrogens (tertiary/aromatic N) is 3. The van der Waals surface area contributed by atoms with Crippen molar-refractivity contribution >= 4 is 43.8 Å². The fourth-order valence-electron chi connectivity index (χ4n) is 2.80. The minimum Gasteiger partial charge on any atom is -0.370 e. The molecule has 0 saturated carbocycles. The zero-order valence-electron chi connectivity index (χ0n) is 14.4. The summed E-state index contributed by atoms with van der Waals surface area (Å²) in [5.74, 6) is -0.295. The lowest BCUT2D eigenvalue weighted by atomic mass is 9.95. The molecular weight excluding hydrogens is 399 g/mol. The van der Waals surface area contributed by atoms with E-state index in [2.05, 4.69) is 14.6 Å². The number of hydrogen-bond donors (Lipinski definition) is 1. The molecule has 1 aromatic carbocycles. The molecule has 1 aliphatic heterocycles. The molecule has 10 heteroatoms. The van der Waals surface area contributed by atoms with Crippen LogP contribution in [0.5, 0.6) is 0 Å². The van der Waals surface area contributed by atoms with Gasteiger partial charge in [0.2, 0.25) is 0 Å². The van der Waals surface area contributed by atoms with Crippen LogP contribution in [0.2, 0.25) is 5.02 Å². The molecule has 26 heavy (non-hydrogen) atoms. The summed E-state index contributed by atoms with van der Waals surface area (Å²) in [5, 5.41) is 2.02. The second kappa shape index (κ2) is 7.67. The van der Waals surface area contributed by atoms with Crippen molar-refractivity contribution in [2.45, 2.75) is 11.3 Å². The van der Waals surface area contributed by atoms with Crippen molar-refractivity contribution in [3.05, 3.63) is 34.5 Å². The van der Waals surface area contributed by atoms with Crippen molar-refractivity contribution in [1.29, 1.82) is 0 Å². The van der Waals surface area contributed by atoms with Crippen LogP contribution in [0.4, 0.5) is 15.2 Å². The zero-order valence-corrected chi connectivity index (χ0v) is 16.8. The predicted octanol–water partition coefficient (Wildman–Crippen LogP) is 3.12. The van der Waals surface area contributed by atoms with Gasteiger partial charge in [0.05, 0.1) is 10.7 Å². The Morgan fingerprint density at radius 1 is 1.42 bits per heavy atom. The summed E-state index contributed by atoms with van der Waals surface area (Å²) in [7, 11) is -0.0233. The van der Waals surface area contributed by atoms with Gasteiger partial charge in [-0.2, -0.15) is 0 Å². The first-order chi connectivity index (χ1) is 12.3. The standard InChI is InChI=1S/C16H20ClFN4O2S2/c1-21(2)5-3-11-9-22(10-11)14-8-13(18)15(7-12(14)17)26(23,24)20-16-19-4-6-25-16/h4,6-8,11H,3,5,9-10H2,1-2H3,(H,19,20). The van der Waals surface area contributed by atoms with Crippen molar-refractivity contribution in [3.63, 3.8) is 0 Å². The fourth-order valence-corrected chi connectivity index (χ4v) is 5.02. The number of benzene rings is 1. The van der Waals surface area contributed by atoms with E-state index in [0.717, 1.165) is 43.5 Å². The Balaban J connectivity index is 1.73. The molecule has 1 fully saturated rings. The summed E-state index contributed by atoms with van der Waals surface area (Å²) < 4.78 is 41.5. The van der Waals surface area contributed by atoms with E-state index in [0.29, 0.717) is 11.6 Å². The molecule has 0 unspecified atom stereocenters. The first-order valence-corrected chi connectivity index (χ1v) is 10.8. The summed E-state index contributed by atoms with van der Waals surface area (Å²) >= 11 is 7.36. The average Bonchev–Trinajstić information content (AvgIpc) is 3.00. The highest BCUT2D eigenvalue weighted by Gasteiger charge is 2.30. The molecule has 2 heterocycles. The normalized spacial score (nSPS) is 15.3. The maximum absolute atomic E-state index is 14.5. The molecule has 0 amide bonds. The molecule has 2 aromatic rings. The molecule has 0 radical (unpaired) electrons. The van der Waals surface area contributed by atoms with Gasteiger partial charge in [-0.3, -0.25) is 4.72 Å². The van der Waals surface area contributed by atoms with Gasteiger partial charge >= 0.3 is 0 Å². The monoisotopic (exact) mass is 418 g/mol. The SMILES string of the molecule is CN(C)CCC1CN(c2cc(F)c(S(=O)(=O)Nc3nccs3)cc2Cl)C1. The van der Waals surface area contributed by atoms with E-state index in [1.165, 1.54) is 12.3 Å². The van der Waals surface area contributed by atoms with Gasteiger partial charge in [-0.15, -0.1) is 11.3 Å². The molecule has 6 nitrogen and oxygen atoms in total. The van der Waals surface area contributed by atoms with Crippen LogP contribution in [0.1, 0.15) is 6.42 Å². The lowest BCUT2D eigenvalue weighted by Crippen LogP contribution is -2.47. The molecular formula is C16H20ClFN4O2S2. The maximum atomic E-state index is 14.5. The van der Waals surface area contributed by atoms with Gasteiger partial charge in [0.25, 0.3) is 10.0 Å². The molecule has 0 aliphatic carbocycles. The number of thiazole rings is 1. The Kier molecular flexibility index (Phi) is 5.71. The zero-order chi connectivity index (χ0) is 18.9.